The fourth-order valence-electron chi connectivity index (χ4n) is 4.68. The highest BCUT2D eigenvalue weighted by atomic mass is 32.1. The molecule has 3 aromatic heterocycles. The van der Waals surface area contributed by atoms with Gasteiger partial charge in [-0.15, -0.1) is 11.3 Å². The van der Waals surface area contributed by atoms with E-state index in [4.69, 9.17) is 4.98 Å². The number of carbonyl (C=O) groups excluding carboxylic acids is 1. The lowest BCUT2D eigenvalue weighted by Gasteiger charge is -2.35. The Bertz CT molecular complexity index is 1420. The highest BCUT2D eigenvalue weighted by molar-refractivity contribution is 7.14. The van der Waals surface area contributed by atoms with E-state index in [1.807, 2.05) is 40.9 Å². The van der Waals surface area contributed by atoms with Crippen molar-refractivity contribution < 1.29 is 4.79 Å². The quantitative estimate of drug-likeness (QED) is 0.438. The predicted molar refractivity (Wildman–Crippen MR) is 133 cm³/mol. The second-order valence-corrected chi connectivity index (χ2v) is 9.27. The molecule has 4 heterocycles. The highest BCUT2D eigenvalue weighted by Gasteiger charge is 2.25. The molecule has 166 valence electrons. The van der Waals surface area contributed by atoms with Crippen LogP contribution in [-0.4, -0.2) is 56.5 Å². The largest absolute Gasteiger partial charge is 0.358 e. The van der Waals surface area contributed by atoms with E-state index in [1.54, 1.807) is 11.3 Å². The molecular formula is C25H24N6OS. The highest BCUT2D eigenvalue weighted by Crippen LogP contribution is 2.33. The van der Waals surface area contributed by atoms with Gasteiger partial charge in [0.1, 0.15) is 17.2 Å². The lowest BCUT2D eigenvalue weighted by Crippen LogP contribution is -2.49. The maximum Gasteiger partial charge on any atom is 0.242 e. The average molecular weight is 457 g/mol. The van der Waals surface area contributed by atoms with Crippen LogP contribution in [0.1, 0.15) is 5.56 Å². The molecular weight excluding hydrogens is 432 g/mol. The van der Waals surface area contributed by atoms with Gasteiger partial charge in [-0.2, -0.15) is 0 Å². The molecule has 5 aromatic rings. The monoisotopic (exact) mass is 456 g/mol. The van der Waals surface area contributed by atoms with Crippen molar-refractivity contribution in [2.75, 3.05) is 31.1 Å². The van der Waals surface area contributed by atoms with Gasteiger partial charge in [0.25, 0.3) is 0 Å². The van der Waals surface area contributed by atoms with E-state index in [0.29, 0.717) is 19.6 Å². The molecule has 0 bridgehead atoms. The van der Waals surface area contributed by atoms with Crippen molar-refractivity contribution in [2.45, 2.75) is 13.5 Å². The van der Waals surface area contributed by atoms with Crippen LogP contribution >= 0.6 is 11.3 Å². The van der Waals surface area contributed by atoms with Crippen LogP contribution in [0.5, 0.6) is 0 Å². The number of thiazole rings is 1. The van der Waals surface area contributed by atoms with E-state index < -0.39 is 0 Å². The Hall–Kier alpha value is -3.65. The lowest BCUT2D eigenvalue weighted by atomic mass is 10.2. The summed E-state index contributed by atoms with van der Waals surface area (Å²) in [6.45, 7) is 5.44. The number of H-pyrrole nitrogens is 1. The number of imidazole rings is 1. The number of aromatic nitrogens is 4. The van der Waals surface area contributed by atoms with Gasteiger partial charge in [0.05, 0.1) is 22.1 Å². The SMILES string of the molecule is Cc1cccc2ccn(CC(=O)N3CCN(c4scnc4-c4nc5ccccc5[nH]4)CC3)c12. The van der Waals surface area contributed by atoms with E-state index in [9.17, 15) is 4.79 Å². The zero-order valence-corrected chi connectivity index (χ0v) is 19.2. The number of piperazine rings is 1. The molecule has 33 heavy (non-hydrogen) atoms. The third-order valence-electron chi connectivity index (χ3n) is 6.38. The standard InChI is InChI=1S/C25H24N6OS/c1-17-5-4-6-18-9-10-31(23(17)18)15-21(32)29-11-13-30(14-12-29)25-22(26-16-33-25)24-27-19-7-2-3-8-20(19)28-24/h2-10,16H,11-15H2,1H3,(H,27,28). The Morgan fingerprint density at radius 3 is 2.76 bits per heavy atom. The fourth-order valence-corrected chi connectivity index (χ4v) is 5.53. The maximum absolute atomic E-state index is 13.1. The van der Waals surface area contributed by atoms with Crippen LogP contribution in [0.25, 0.3) is 33.5 Å². The second kappa shape index (κ2) is 8.04. The van der Waals surface area contributed by atoms with Crippen LogP contribution in [0.2, 0.25) is 0 Å². The Morgan fingerprint density at radius 1 is 1.06 bits per heavy atom. The van der Waals surface area contributed by atoms with Crippen LogP contribution in [0.4, 0.5) is 5.00 Å². The van der Waals surface area contributed by atoms with Gasteiger partial charge in [-0.3, -0.25) is 4.79 Å². The predicted octanol–water partition coefficient (Wildman–Crippen LogP) is 4.30. The number of para-hydroxylation sites is 3. The summed E-state index contributed by atoms with van der Waals surface area (Å²) in [6.07, 6.45) is 2.02. The molecule has 1 aliphatic heterocycles. The summed E-state index contributed by atoms with van der Waals surface area (Å²) in [5.74, 6) is 0.957. The molecule has 1 fully saturated rings. The van der Waals surface area contributed by atoms with Gasteiger partial charge in [0.2, 0.25) is 5.91 Å². The van der Waals surface area contributed by atoms with Gasteiger partial charge in [-0.05, 0) is 36.1 Å². The molecule has 0 saturated carbocycles. The minimum atomic E-state index is 0.164. The molecule has 0 spiro atoms. The molecule has 0 aliphatic carbocycles. The van der Waals surface area contributed by atoms with Crippen LogP contribution in [-0.2, 0) is 11.3 Å². The number of rotatable bonds is 4. The topological polar surface area (TPSA) is 70.1 Å². The van der Waals surface area contributed by atoms with Crippen LogP contribution in [0.3, 0.4) is 0 Å². The molecule has 0 radical (unpaired) electrons. The molecule has 8 heteroatoms. The molecule has 0 unspecified atom stereocenters. The van der Waals surface area contributed by atoms with Crippen molar-refractivity contribution in [1.29, 1.82) is 0 Å². The number of carbonyl (C=O) groups is 1. The maximum atomic E-state index is 13.1. The van der Waals surface area contributed by atoms with E-state index in [1.165, 1.54) is 10.9 Å². The third kappa shape index (κ3) is 3.56. The fraction of sp³-hybridized carbons (Fsp3) is 0.240. The summed E-state index contributed by atoms with van der Waals surface area (Å²) in [7, 11) is 0. The first-order valence-electron chi connectivity index (χ1n) is 11.1. The first-order valence-corrected chi connectivity index (χ1v) is 12.0. The molecule has 1 saturated heterocycles. The van der Waals surface area contributed by atoms with Gasteiger partial charge in [0.15, 0.2) is 5.82 Å². The zero-order chi connectivity index (χ0) is 22.4. The molecule has 7 nitrogen and oxygen atoms in total. The smallest absolute Gasteiger partial charge is 0.242 e. The molecule has 6 rings (SSSR count). The number of fused-ring (bicyclic) bond motifs is 2. The number of benzene rings is 2. The van der Waals surface area contributed by atoms with E-state index >= 15 is 0 Å². The van der Waals surface area contributed by atoms with Gasteiger partial charge >= 0.3 is 0 Å². The van der Waals surface area contributed by atoms with Crippen molar-refractivity contribution in [3.8, 4) is 11.5 Å². The number of hydrogen-bond acceptors (Lipinski definition) is 5. The summed E-state index contributed by atoms with van der Waals surface area (Å²) in [6, 6.07) is 16.3. The lowest BCUT2D eigenvalue weighted by molar-refractivity contribution is -0.132. The molecule has 1 amide bonds. The Morgan fingerprint density at radius 2 is 1.91 bits per heavy atom. The van der Waals surface area contributed by atoms with Crippen molar-refractivity contribution >= 4 is 44.2 Å². The Kier molecular flexibility index (Phi) is 4.87. The summed E-state index contributed by atoms with van der Waals surface area (Å²) in [5.41, 5.74) is 7.03. The molecule has 1 aliphatic rings. The summed E-state index contributed by atoms with van der Waals surface area (Å²) < 4.78 is 2.07. The van der Waals surface area contributed by atoms with Gasteiger partial charge in [-0.25, -0.2) is 9.97 Å². The Labute approximate surface area is 195 Å². The van der Waals surface area contributed by atoms with Gasteiger partial charge < -0.3 is 19.4 Å². The number of aromatic amines is 1. The van der Waals surface area contributed by atoms with Gasteiger partial charge in [-0.1, -0.05) is 30.3 Å². The van der Waals surface area contributed by atoms with Gasteiger partial charge in [0, 0.05) is 32.4 Å². The van der Waals surface area contributed by atoms with Crippen LogP contribution in [0, 0.1) is 6.92 Å². The number of nitrogens with one attached hydrogen (secondary N) is 1. The van der Waals surface area contributed by atoms with Crippen molar-refractivity contribution in [2.24, 2.45) is 0 Å². The number of nitrogens with zero attached hydrogens (tertiary/aromatic N) is 5. The molecule has 2 aromatic carbocycles. The minimum absolute atomic E-state index is 0.164. The number of amides is 1. The van der Waals surface area contributed by atoms with Crippen LogP contribution < -0.4 is 4.90 Å². The van der Waals surface area contributed by atoms with Crippen molar-refractivity contribution in [3.05, 3.63) is 65.8 Å². The van der Waals surface area contributed by atoms with Crippen LogP contribution in [0.15, 0.2) is 60.2 Å². The third-order valence-corrected chi connectivity index (χ3v) is 7.26. The minimum Gasteiger partial charge on any atom is -0.358 e. The van der Waals surface area contributed by atoms with E-state index in [0.717, 1.165) is 46.2 Å². The summed E-state index contributed by atoms with van der Waals surface area (Å²) in [4.78, 5) is 30.1. The van der Waals surface area contributed by atoms with Crippen molar-refractivity contribution in [3.63, 3.8) is 0 Å². The summed E-state index contributed by atoms with van der Waals surface area (Å²) in [5, 5.41) is 2.28. The van der Waals surface area contributed by atoms with E-state index in [-0.39, 0.29) is 5.91 Å². The number of hydrogen-bond donors (Lipinski definition) is 1. The average Bonchev–Trinajstić information content (AvgIpc) is 3.57. The first kappa shape index (κ1) is 20.0. The number of anilines is 1. The number of aryl methyl sites for hydroxylation is 1. The second-order valence-electron chi connectivity index (χ2n) is 8.43. The Balaban J connectivity index is 1.16. The molecule has 1 N–H and O–H groups in total. The normalized spacial score (nSPS) is 14.5. The zero-order valence-electron chi connectivity index (χ0n) is 18.4. The molecule has 0 atom stereocenters. The first-order chi connectivity index (χ1) is 16.2. The van der Waals surface area contributed by atoms with Crippen molar-refractivity contribution in [1.82, 2.24) is 24.4 Å². The summed E-state index contributed by atoms with van der Waals surface area (Å²) >= 11 is 1.62. The van der Waals surface area contributed by atoms with E-state index in [2.05, 4.69) is 50.6 Å².